The molecule has 0 spiro atoms. The summed E-state index contributed by atoms with van der Waals surface area (Å²) in [4.78, 5) is 27.1. The van der Waals surface area contributed by atoms with E-state index in [4.69, 9.17) is 9.15 Å². The molecule has 34 heavy (non-hydrogen) atoms. The molecule has 180 valence electrons. The van der Waals surface area contributed by atoms with Crippen molar-refractivity contribution in [3.05, 3.63) is 54.1 Å². The maximum atomic E-state index is 14.0. The number of aliphatic carboxylic acids is 1. The van der Waals surface area contributed by atoms with E-state index in [0.717, 1.165) is 24.0 Å². The summed E-state index contributed by atoms with van der Waals surface area (Å²) in [5.74, 6) is 0.623. The van der Waals surface area contributed by atoms with Crippen molar-refractivity contribution < 1.29 is 23.8 Å². The molecule has 7 nitrogen and oxygen atoms in total. The summed E-state index contributed by atoms with van der Waals surface area (Å²) < 4.78 is 11.9. The number of carboxylic acid groups (broad SMARTS) is 1. The molecule has 0 radical (unpaired) electrons. The lowest BCUT2D eigenvalue weighted by Gasteiger charge is -2.27. The predicted octanol–water partition coefficient (Wildman–Crippen LogP) is 4.45. The van der Waals surface area contributed by atoms with Crippen LogP contribution in [0.3, 0.4) is 0 Å². The van der Waals surface area contributed by atoms with Crippen molar-refractivity contribution in [3.8, 4) is 17.1 Å². The molecule has 2 unspecified atom stereocenters. The monoisotopic (exact) mass is 484 g/mol. The molecule has 3 heterocycles. The average Bonchev–Trinajstić information content (AvgIpc) is 3.48. The molecule has 2 aliphatic rings. The van der Waals surface area contributed by atoms with Gasteiger partial charge in [0.25, 0.3) is 5.91 Å². The van der Waals surface area contributed by atoms with E-state index in [1.165, 1.54) is 0 Å². The van der Waals surface area contributed by atoms with Crippen LogP contribution in [0.15, 0.2) is 52.9 Å². The first kappa shape index (κ1) is 24.1. The van der Waals surface area contributed by atoms with Crippen LogP contribution >= 0.6 is 12.4 Å². The van der Waals surface area contributed by atoms with Gasteiger partial charge >= 0.3 is 5.97 Å². The van der Waals surface area contributed by atoms with Crippen molar-refractivity contribution in [1.29, 1.82) is 0 Å². The van der Waals surface area contributed by atoms with E-state index < -0.39 is 5.97 Å². The molecule has 2 aromatic carbocycles. The SMILES string of the molecule is CCOc1ccc2oc(-c3ccccc3)c(C(=O)N3CC4CNCC4(CCC(=O)O)C3)c2c1.Cl. The molecule has 2 aliphatic heterocycles. The molecule has 8 heteroatoms. The van der Waals surface area contributed by atoms with Crippen LogP contribution in [0, 0.1) is 11.3 Å². The molecule has 5 rings (SSSR count). The number of benzene rings is 2. The van der Waals surface area contributed by atoms with Crippen molar-refractivity contribution in [3.63, 3.8) is 0 Å². The van der Waals surface area contributed by atoms with Gasteiger partial charge in [0.05, 0.1) is 12.2 Å². The Labute approximate surface area is 204 Å². The van der Waals surface area contributed by atoms with Gasteiger partial charge in [-0.05, 0) is 37.5 Å². The maximum absolute atomic E-state index is 14.0. The van der Waals surface area contributed by atoms with Crippen LogP contribution in [0.4, 0.5) is 0 Å². The van der Waals surface area contributed by atoms with E-state index in [1.807, 2.05) is 60.4 Å². The molecule has 1 amide bonds. The number of likely N-dealkylation sites (tertiary alicyclic amines) is 1. The molecule has 0 saturated carbocycles. The fourth-order valence-corrected chi connectivity index (χ4v) is 5.39. The van der Waals surface area contributed by atoms with E-state index in [0.29, 0.717) is 48.8 Å². The number of ether oxygens (including phenoxy) is 1. The van der Waals surface area contributed by atoms with E-state index in [1.54, 1.807) is 0 Å². The number of carbonyl (C=O) groups excluding carboxylic acids is 1. The summed E-state index contributed by atoms with van der Waals surface area (Å²) in [5.41, 5.74) is 1.83. The van der Waals surface area contributed by atoms with Crippen LogP contribution in [-0.4, -0.2) is 54.7 Å². The van der Waals surface area contributed by atoms with Gasteiger partial charge in [0, 0.05) is 49.0 Å². The first-order chi connectivity index (χ1) is 16.0. The zero-order valence-electron chi connectivity index (χ0n) is 19.1. The standard InChI is InChI=1S/C26H28N2O5.ClH/c1-2-32-19-8-9-21-20(12-19)23(24(33-21)17-6-4-3-5-7-17)25(31)28-14-18-13-27-15-26(18,16-28)11-10-22(29)30;/h3-9,12,18,27H,2,10-11,13-16H2,1H3,(H,29,30);1H. The molecule has 1 aromatic heterocycles. The lowest BCUT2D eigenvalue weighted by atomic mass is 9.77. The van der Waals surface area contributed by atoms with Gasteiger partial charge in [-0.15, -0.1) is 12.4 Å². The number of carboxylic acids is 1. The second-order valence-electron chi connectivity index (χ2n) is 9.03. The highest BCUT2D eigenvalue weighted by Crippen LogP contribution is 2.44. The third-order valence-corrected chi connectivity index (χ3v) is 7.02. The summed E-state index contributed by atoms with van der Waals surface area (Å²) in [5, 5.41) is 13.4. The maximum Gasteiger partial charge on any atom is 0.303 e. The van der Waals surface area contributed by atoms with Crippen LogP contribution in [0.2, 0.25) is 0 Å². The third-order valence-electron chi connectivity index (χ3n) is 7.02. The summed E-state index contributed by atoms with van der Waals surface area (Å²) in [6.07, 6.45) is 0.678. The van der Waals surface area contributed by atoms with Crippen molar-refractivity contribution >= 4 is 35.3 Å². The molecular formula is C26H29ClN2O5. The fraction of sp³-hybridized carbons (Fsp3) is 0.385. The van der Waals surface area contributed by atoms with E-state index in [-0.39, 0.29) is 36.1 Å². The van der Waals surface area contributed by atoms with Crippen molar-refractivity contribution in [1.82, 2.24) is 10.2 Å². The second-order valence-corrected chi connectivity index (χ2v) is 9.03. The summed E-state index contributed by atoms with van der Waals surface area (Å²) in [6, 6.07) is 15.2. The van der Waals surface area contributed by atoms with Crippen LogP contribution in [0.5, 0.6) is 5.75 Å². The van der Waals surface area contributed by atoms with Crippen molar-refractivity contribution in [2.45, 2.75) is 19.8 Å². The van der Waals surface area contributed by atoms with Crippen LogP contribution in [-0.2, 0) is 4.79 Å². The van der Waals surface area contributed by atoms with E-state index >= 15 is 0 Å². The zero-order valence-corrected chi connectivity index (χ0v) is 19.9. The molecule has 2 N–H and O–H groups in total. The first-order valence-corrected chi connectivity index (χ1v) is 11.5. The van der Waals surface area contributed by atoms with Gasteiger partial charge in [-0.1, -0.05) is 30.3 Å². The fourth-order valence-electron chi connectivity index (χ4n) is 5.39. The lowest BCUT2D eigenvalue weighted by molar-refractivity contribution is -0.137. The predicted molar refractivity (Wildman–Crippen MR) is 132 cm³/mol. The minimum atomic E-state index is -0.796. The Morgan fingerprint density at radius 3 is 2.76 bits per heavy atom. The van der Waals surface area contributed by atoms with Crippen LogP contribution < -0.4 is 10.1 Å². The van der Waals surface area contributed by atoms with Gasteiger partial charge in [0.1, 0.15) is 17.1 Å². The van der Waals surface area contributed by atoms with E-state index in [2.05, 4.69) is 5.32 Å². The van der Waals surface area contributed by atoms with Crippen molar-refractivity contribution in [2.75, 3.05) is 32.8 Å². The molecule has 0 aliphatic carbocycles. The number of hydrogen-bond donors (Lipinski definition) is 2. The second kappa shape index (κ2) is 9.68. The Bertz CT molecular complexity index is 1190. The van der Waals surface area contributed by atoms with Gasteiger partial charge in [-0.3, -0.25) is 9.59 Å². The topological polar surface area (TPSA) is 92.0 Å². The third kappa shape index (κ3) is 4.26. The minimum Gasteiger partial charge on any atom is -0.494 e. The Morgan fingerprint density at radius 1 is 1.24 bits per heavy atom. The highest BCUT2D eigenvalue weighted by molar-refractivity contribution is 6.11. The summed E-state index contributed by atoms with van der Waals surface area (Å²) in [7, 11) is 0. The molecule has 3 aromatic rings. The van der Waals surface area contributed by atoms with Gasteiger partial charge in [-0.25, -0.2) is 0 Å². The molecule has 2 atom stereocenters. The molecular weight excluding hydrogens is 456 g/mol. The van der Waals surface area contributed by atoms with Crippen LogP contribution in [0.25, 0.3) is 22.3 Å². The number of carbonyl (C=O) groups is 2. The number of rotatable bonds is 7. The Kier molecular flexibility index (Phi) is 6.86. The smallest absolute Gasteiger partial charge is 0.303 e. The highest BCUT2D eigenvalue weighted by atomic mass is 35.5. The highest BCUT2D eigenvalue weighted by Gasteiger charge is 2.51. The molecule has 2 saturated heterocycles. The van der Waals surface area contributed by atoms with Gasteiger partial charge < -0.3 is 24.5 Å². The first-order valence-electron chi connectivity index (χ1n) is 11.5. The Hall–Kier alpha value is -3.03. The number of nitrogens with one attached hydrogen (secondary N) is 1. The zero-order chi connectivity index (χ0) is 23.0. The molecule has 0 bridgehead atoms. The number of hydrogen-bond acceptors (Lipinski definition) is 5. The van der Waals surface area contributed by atoms with Gasteiger partial charge in [0.15, 0.2) is 0 Å². The largest absolute Gasteiger partial charge is 0.494 e. The summed E-state index contributed by atoms with van der Waals surface area (Å²) in [6.45, 7) is 5.15. The Balaban J connectivity index is 0.00000274. The van der Waals surface area contributed by atoms with Gasteiger partial charge in [0.2, 0.25) is 0 Å². The number of halogens is 1. The lowest BCUT2D eigenvalue weighted by Crippen LogP contribution is -2.36. The number of amides is 1. The van der Waals surface area contributed by atoms with Crippen molar-refractivity contribution in [2.24, 2.45) is 11.3 Å². The van der Waals surface area contributed by atoms with Crippen LogP contribution in [0.1, 0.15) is 30.1 Å². The molecule has 2 fully saturated rings. The number of fused-ring (bicyclic) bond motifs is 2. The Morgan fingerprint density at radius 2 is 2.03 bits per heavy atom. The van der Waals surface area contributed by atoms with Gasteiger partial charge in [-0.2, -0.15) is 0 Å². The quantitative estimate of drug-likeness (QED) is 0.515. The normalized spacial score (nSPS) is 21.3. The average molecular weight is 485 g/mol. The number of furan rings is 1. The van der Waals surface area contributed by atoms with E-state index in [9.17, 15) is 14.7 Å². The summed E-state index contributed by atoms with van der Waals surface area (Å²) >= 11 is 0. The minimum absolute atomic E-state index is 0. The number of nitrogens with zero attached hydrogens (tertiary/aromatic N) is 1.